The van der Waals surface area contributed by atoms with E-state index in [0.29, 0.717) is 12.3 Å². The fraction of sp³-hybridized carbons (Fsp3) is 0.917. The lowest BCUT2D eigenvalue weighted by Crippen LogP contribution is -2.33. The predicted molar refractivity (Wildman–Crippen MR) is 62.8 cm³/mol. The first-order valence-electron chi connectivity index (χ1n) is 5.63. The lowest BCUT2D eigenvalue weighted by molar-refractivity contribution is -0.155. The fourth-order valence-corrected chi connectivity index (χ4v) is 1.46. The monoisotopic (exact) mass is 215 g/mol. The number of carbonyl (C=O) groups is 1. The number of hydrogen-bond acceptors (Lipinski definition) is 3. The van der Waals surface area contributed by atoms with Crippen LogP contribution < -0.4 is 5.32 Å². The average molecular weight is 215 g/mol. The van der Waals surface area contributed by atoms with E-state index < -0.39 is 0 Å². The third kappa shape index (κ3) is 8.43. The Balaban J connectivity index is 4.02. The largest absolute Gasteiger partial charge is 0.460 e. The molecular weight excluding hydrogens is 190 g/mol. The van der Waals surface area contributed by atoms with Crippen molar-refractivity contribution < 1.29 is 9.53 Å². The van der Waals surface area contributed by atoms with Gasteiger partial charge in [0, 0.05) is 6.04 Å². The molecule has 0 aromatic carbocycles. The van der Waals surface area contributed by atoms with Crippen molar-refractivity contribution in [1.82, 2.24) is 5.32 Å². The molecule has 0 radical (unpaired) electrons. The molecule has 0 saturated carbocycles. The second-order valence-electron chi connectivity index (χ2n) is 5.41. The topological polar surface area (TPSA) is 38.3 Å². The first-order chi connectivity index (χ1) is 6.74. The molecule has 0 aliphatic heterocycles. The zero-order valence-electron chi connectivity index (χ0n) is 10.9. The number of carbonyl (C=O) groups excluding carboxylic acids is 1. The Morgan fingerprint density at radius 3 is 2.20 bits per heavy atom. The maximum absolute atomic E-state index is 11.5. The van der Waals surface area contributed by atoms with Crippen molar-refractivity contribution in [2.45, 2.75) is 59.1 Å². The minimum absolute atomic E-state index is 0.123. The third-order valence-corrected chi connectivity index (χ3v) is 2.00. The van der Waals surface area contributed by atoms with Crippen molar-refractivity contribution in [2.75, 3.05) is 7.05 Å². The van der Waals surface area contributed by atoms with Crippen LogP contribution >= 0.6 is 0 Å². The fourth-order valence-electron chi connectivity index (χ4n) is 1.46. The van der Waals surface area contributed by atoms with E-state index in [2.05, 4.69) is 19.2 Å². The quantitative estimate of drug-likeness (QED) is 0.715. The molecule has 0 unspecified atom stereocenters. The zero-order valence-corrected chi connectivity index (χ0v) is 10.9. The Hall–Kier alpha value is -0.570. The lowest BCUT2D eigenvalue weighted by Gasteiger charge is -2.22. The Labute approximate surface area is 93.6 Å². The molecule has 0 aromatic heterocycles. The van der Waals surface area contributed by atoms with Crippen molar-refractivity contribution in [3.8, 4) is 0 Å². The van der Waals surface area contributed by atoms with Gasteiger partial charge in [0.1, 0.15) is 5.60 Å². The van der Waals surface area contributed by atoms with Gasteiger partial charge in [0.15, 0.2) is 0 Å². The highest BCUT2D eigenvalue weighted by Gasteiger charge is 2.20. The van der Waals surface area contributed by atoms with Gasteiger partial charge < -0.3 is 10.1 Å². The summed E-state index contributed by atoms with van der Waals surface area (Å²) in [4.78, 5) is 11.5. The molecule has 1 N–H and O–H groups in total. The van der Waals surface area contributed by atoms with Gasteiger partial charge in [-0.25, -0.2) is 0 Å². The van der Waals surface area contributed by atoms with Crippen LogP contribution in [0.5, 0.6) is 0 Å². The van der Waals surface area contributed by atoms with E-state index in [0.717, 1.165) is 6.42 Å². The molecule has 0 heterocycles. The minimum Gasteiger partial charge on any atom is -0.460 e. The van der Waals surface area contributed by atoms with Gasteiger partial charge in [-0.2, -0.15) is 0 Å². The Morgan fingerprint density at radius 2 is 1.87 bits per heavy atom. The van der Waals surface area contributed by atoms with Gasteiger partial charge in [-0.15, -0.1) is 0 Å². The standard InChI is InChI=1S/C12H25NO2/c1-9(2)7-10(13-6)8-11(14)15-12(3,4)5/h9-10,13H,7-8H2,1-6H3/t10-/m1/s1. The van der Waals surface area contributed by atoms with Crippen molar-refractivity contribution in [3.05, 3.63) is 0 Å². The molecule has 0 aromatic rings. The number of hydrogen-bond donors (Lipinski definition) is 1. The maximum Gasteiger partial charge on any atom is 0.307 e. The smallest absolute Gasteiger partial charge is 0.307 e. The van der Waals surface area contributed by atoms with E-state index in [4.69, 9.17) is 4.74 Å². The summed E-state index contributed by atoms with van der Waals surface area (Å²) in [5, 5.41) is 3.15. The van der Waals surface area contributed by atoms with Crippen molar-refractivity contribution in [1.29, 1.82) is 0 Å². The Bertz CT molecular complexity index is 194. The van der Waals surface area contributed by atoms with Gasteiger partial charge in [-0.3, -0.25) is 4.79 Å². The third-order valence-electron chi connectivity index (χ3n) is 2.00. The number of ether oxygens (including phenoxy) is 1. The van der Waals surface area contributed by atoms with Crippen molar-refractivity contribution in [3.63, 3.8) is 0 Å². The molecule has 0 saturated heterocycles. The molecule has 15 heavy (non-hydrogen) atoms. The molecule has 1 atom stereocenters. The summed E-state index contributed by atoms with van der Waals surface area (Å²) in [5.74, 6) is 0.465. The summed E-state index contributed by atoms with van der Waals surface area (Å²) in [6.45, 7) is 9.98. The predicted octanol–water partition coefficient (Wildman–Crippen LogP) is 2.35. The summed E-state index contributed by atoms with van der Waals surface area (Å²) in [5.41, 5.74) is -0.382. The van der Waals surface area contributed by atoms with Crippen LogP contribution in [0.3, 0.4) is 0 Å². The van der Waals surface area contributed by atoms with Crippen LogP contribution in [0.25, 0.3) is 0 Å². The molecule has 0 rings (SSSR count). The molecule has 0 amide bonds. The molecule has 0 aliphatic rings. The van der Waals surface area contributed by atoms with E-state index >= 15 is 0 Å². The van der Waals surface area contributed by atoms with E-state index in [9.17, 15) is 4.79 Å². The molecule has 0 fully saturated rings. The van der Waals surface area contributed by atoms with Crippen molar-refractivity contribution >= 4 is 5.97 Å². The van der Waals surface area contributed by atoms with Crippen LogP contribution in [-0.2, 0) is 9.53 Å². The normalized spacial score (nSPS) is 14.1. The summed E-state index contributed by atoms with van der Waals surface area (Å²) in [6.07, 6.45) is 1.45. The van der Waals surface area contributed by atoms with Crippen LogP contribution in [0, 0.1) is 5.92 Å². The first-order valence-corrected chi connectivity index (χ1v) is 5.63. The zero-order chi connectivity index (χ0) is 12.1. The molecule has 90 valence electrons. The van der Waals surface area contributed by atoms with Crippen LogP contribution in [-0.4, -0.2) is 24.7 Å². The second kappa shape index (κ2) is 6.11. The SMILES string of the molecule is CN[C@@H](CC(=O)OC(C)(C)C)CC(C)C. The highest BCUT2D eigenvalue weighted by molar-refractivity contribution is 5.70. The van der Waals surface area contributed by atoms with Crippen LogP contribution in [0.4, 0.5) is 0 Å². The molecule has 0 bridgehead atoms. The summed E-state index contributed by atoms with van der Waals surface area (Å²) < 4.78 is 5.27. The second-order valence-corrected chi connectivity index (χ2v) is 5.41. The number of rotatable bonds is 5. The summed E-state index contributed by atoms with van der Waals surface area (Å²) in [6, 6.07) is 0.222. The van der Waals surface area contributed by atoms with Gasteiger partial charge in [0.2, 0.25) is 0 Å². The van der Waals surface area contributed by atoms with Crippen LogP contribution in [0.15, 0.2) is 0 Å². The number of esters is 1. The van der Waals surface area contributed by atoms with Gasteiger partial charge >= 0.3 is 5.97 Å². The molecule has 0 spiro atoms. The van der Waals surface area contributed by atoms with Gasteiger partial charge in [-0.1, -0.05) is 13.8 Å². The first kappa shape index (κ1) is 14.4. The molecule has 3 heteroatoms. The lowest BCUT2D eigenvalue weighted by atomic mass is 10.0. The minimum atomic E-state index is -0.382. The average Bonchev–Trinajstić information content (AvgIpc) is 1.98. The van der Waals surface area contributed by atoms with E-state index in [-0.39, 0.29) is 17.6 Å². The van der Waals surface area contributed by atoms with Gasteiger partial charge in [-0.05, 0) is 40.2 Å². The van der Waals surface area contributed by atoms with E-state index in [1.807, 2.05) is 27.8 Å². The summed E-state index contributed by atoms with van der Waals surface area (Å²) in [7, 11) is 1.89. The Morgan fingerprint density at radius 1 is 1.33 bits per heavy atom. The van der Waals surface area contributed by atoms with Gasteiger partial charge in [0.05, 0.1) is 6.42 Å². The van der Waals surface area contributed by atoms with E-state index in [1.165, 1.54) is 0 Å². The summed E-state index contributed by atoms with van der Waals surface area (Å²) >= 11 is 0. The Kier molecular flexibility index (Phi) is 5.88. The maximum atomic E-state index is 11.5. The molecule has 0 aliphatic carbocycles. The molecular formula is C12H25NO2. The van der Waals surface area contributed by atoms with Crippen LogP contribution in [0.2, 0.25) is 0 Å². The van der Waals surface area contributed by atoms with Crippen molar-refractivity contribution in [2.24, 2.45) is 5.92 Å². The van der Waals surface area contributed by atoms with Gasteiger partial charge in [0.25, 0.3) is 0 Å². The highest BCUT2D eigenvalue weighted by Crippen LogP contribution is 2.12. The molecule has 3 nitrogen and oxygen atoms in total. The highest BCUT2D eigenvalue weighted by atomic mass is 16.6. The van der Waals surface area contributed by atoms with Crippen LogP contribution in [0.1, 0.15) is 47.5 Å². The van der Waals surface area contributed by atoms with E-state index in [1.54, 1.807) is 0 Å². The number of nitrogens with one attached hydrogen (secondary N) is 1.